The highest BCUT2D eigenvalue weighted by atomic mass is 35.5. The number of nitrogens with one attached hydrogen (secondary N) is 3. The SMILES string of the molecule is Cc1ccc2c(NS(=O)(=O)N(C)Cc3ccccc3)c(F)ccc2c1Oc1ncccc1-c1ccnc(N[C@H]2CCCNC2)n1.Cl. The molecule has 0 bridgehead atoms. The average Bonchev–Trinajstić information content (AvgIpc) is 3.05. The molecule has 0 spiro atoms. The van der Waals surface area contributed by atoms with Crippen molar-refractivity contribution in [3.8, 4) is 22.9 Å². The standard InChI is InChI=1S/C33H34FN7O3S.ClH/c1-22-12-13-25-26(14-15-28(34)30(25)40-45(42,43)41(2)21-23-8-4-3-5-9-23)31(22)44-32-27(11-7-18-36-32)29-16-19-37-33(39-29)38-24-10-6-17-35-20-24;/h3-5,7-9,11-16,18-19,24,35,40H,6,10,17,20-21H2,1-2H3,(H,37,38,39);1H/t24-;/m0./s1. The van der Waals surface area contributed by atoms with Crippen molar-refractivity contribution in [3.63, 3.8) is 0 Å². The highest BCUT2D eigenvalue weighted by Gasteiger charge is 2.23. The van der Waals surface area contributed by atoms with E-state index in [2.05, 4.69) is 25.3 Å². The van der Waals surface area contributed by atoms with E-state index >= 15 is 4.39 Å². The van der Waals surface area contributed by atoms with Crippen LogP contribution in [0.2, 0.25) is 0 Å². The number of aromatic nitrogens is 3. The van der Waals surface area contributed by atoms with Gasteiger partial charge in [0.25, 0.3) is 0 Å². The molecule has 46 heavy (non-hydrogen) atoms. The predicted molar refractivity (Wildman–Crippen MR) is 181 cm³/mol. The summed E-state index contributed by atoms with van der Waals surface area (Å²) in [5.74, 6) is 0.529. The number of nitrogens with zero attached hydrogens (tertiary/aromatic N) is 4. The molecule has 6 rings (SSSR count). The Morgan fingerprint density at radius 3 is 2.59 bits per heavy atom. The molecule has 0 aliphatic carbocycles. The lowest BCUT2D eigenvalue weighted by molar-refractivity contribution is 0.466. The number of halogens is 2. The third kappa shape index (κ3) is 7.37. The van der Waals surface area contributed by atoms with Gasteiger partial charge < -0.3 is 15.4 Å². The van der Waals surface area contributed by atoms with Gasteiger partial charge in [-0.3, -0.25) is 4.72 Å². The number of ether oxygens (including phenoxy) is 1. The first-order chi connectivity index (χ1) is 21.8. The Labute approximate surface area is 274 Å². The Hall–Kier alpha value is -4.36. The molecule has 240 valence electrons. The molecule has 10 nitrogen and oxygen atoms in total. The van der Waals surface area contributed by atoms with Gasteiger partial charge in [-0.05, 0) is 67.8 Å². The summed E-state index contributed by atoms with van der Waals surface area (Å²) in [6.07, 6.45) is 5.43. The van der Waals surface area contributed by atoms with Crippen LogP contribution in [-0.4, -0.2) is 53.9 Å². The number of rotatable bonds is 10. The van der Waals surface area contributed by atoms with Gasteiger partial charge in [-0.15, -0.1) is 12.4 Å². The van der Waals surface area contributed by atoms with Gasteiger partial charge in [-0.1, -0.05) is 42.5 Å². The van der Waals surface area contributed by atoms with Gasteiger partial charge >= 0.3 is 10.2 Å². The lowest BCUT2D eigenvalue weighted by Gasteiger charge is -2.23. The molecule has 2 aromatic heterocycles. The normalized spacial score (nSPS) is 14.9. The van der Waals surface area contributed by atoms with E-state index in [1.54, 1.807) is 42.7 Å². The molecule has 0 saturated carbocycles. The fraction of sp³-hybridized carbons (Fsp3) is 0.242. The predicted octanol–water partition coefficient (Wildman–Crippen LogP) is 6.31. The van der Waals surface area contributed by atoms with Gasteiger partial charge in [-0.25, -0.2) is 19.3 Å². The quantitative estimate of drug-likeness (QED) is 0.159. The molecule has 0 amide bonds. The molecule has 1 saturated heterocycles. The maximum absolute atomic E-state index is 15.3. The van der Waals surface area contributed by atoms with Gasteiger partial charge in [0.1, 0.15) is 11.6 Å². The minimum Gasteiger partial charge on any atom is -0.437 e. The number of anilines is 2. The summed E-state index contributed by atoms with van der Waals surface area (Å²) in [5.41, 5.74) is 2.67. The van der Waals surface area contributed by atoms with Crippen LogP contribution in [0.25, 0.3) is 22.0 Å². The van der Waals surface area contributed by atoms with Gasteiger partial charge in [-0.2, -0.15) is 12.7 Å². The van der Waals surface area contributed by atoms with Crippen LogP contribution < -0.4 is 20.1 Å². The van der Waals surface area contributed by atoms with Crippen LogP contribution in [0.1, 0.15) is 24.0 Å². The van der Waals surface area contributed by atoms with E-state index in [0.29, 0.717) is 39.6 Å². The van der Waals surface area contributed by atoms with Crippen LogP contribution in [0.15, 0.2) is 85.2 Å². The first kappa shape index (κ1) is 33.0. The van der Waals surface area contributed by atoms with E-state index in [4.69, 9.17) is 9.72 Å². The van der Waals surface area contributed by atoms with E-state index in [1.807, 2.05) is 43.3 Å². The minimum atomic E-state index is -4.10. The van der Waals surface area contributed by atoms with E-state index in [1.165, 1.54) is 13.1 Å². The molecule has 1 aliphatic heterocycles. The van der Waals surface area contributed by atoms with E-state index in [-0.39, 0.29) is 30.7 Å². The van der Waals surface area contributed by atoms with Crippen LogP contribution in [0.3, 0.4) is 0 Å². The zero-order valence-electron chi connectivity index (χ0n) is 25.4. The third-order valence-electron chi connectivity index (χ3n) is 7.72. The Kier molecular flexibility index (Phi) is 10.3. The fourth-order valence-corrected chi connectivity index (χ4v) is 6.27. The summed E-state index contributed by atoms with van der Waals surface area (Å²) < 4.78 is 51.9. The smallest absolute Gasteiger partial charge is 0.301 e. The molecule has 0 radical (unpaired) electrons. The van der Waals surface area contributed by atoms with Crippen molar-refractivity contribution in [1.29, 1.82) is 0 Å². The van der Waals surface area contributed by atoms with Crippen LogP contribution in [-0.2, 0) is 16.8 Å². The zero-order chi connectivity index (χ0) is 31.4. The maximum Gasteiger partial charge on any atom is 0.301 e. The van der Waals surface area contributed by atoms with Crippen molar-refractivity contribution < 1.29 is 17.5 Å². The highest BCUT2D eigenvalue weighted by Crippen LogP contribution is 2.39. The second-order valence-electron chi connectivity index (χ2n) is 11.0. The van der Waals surface area contributed by atoms with Gasteiger partial charge in [0.05, 0.1) is 16.9 Å². The average molecular weight is 664 g/mol. The largest absolute Gasteiger partial charge is 0.437 e. The molecule has 1 fully saturated rings. The summed E-state index contributed by atoms with van der Waals surface area (Å²) in [7, 11) is -2.65. The van der Waals surface area contributed by atoms with Crippen molar-refractivity contribution >= 4 is 45.0 Å². The van der Waals surface area contributed by atoms with Crippen molar-refractivity contribution in [2.24, 2.45) is 0 Å². The highest BCUT2D eigenvalue weighted by molar-refractivity contribution is 7.90. The van der Waals surface area contributed by atoms with E-state index in [0.717, 1.165) is 41.4 Å². The number of hydrogen-bond donors (Lipinski definition) is 3. The molecule has 3 N–H and O–H groups in total. The molecular weight excluding hydrogens is 629 g/mol. The minimum absolute atomic E-state index is 0. The summed E-state index contributed by atoms with van der Waals surface area (Å²) in [6, 6.07) is 21.1. The van der Waals surface area contributed by atoms with E-state index < -0.39 is 16.0 Å². The number of piperidine rings is 1. The number of fused-ring (bicyclic) bond motifs is 1. The summed E-state index contributed by atoms with van der Waals surface area (Å²) in [6.45, 7) is 3.84. The first-order valence-corrected chi connectivity index (χ1v) is 16.2. The molecule has 0 unspecified atom stereocenters. The van der Waals surface area contributed by atoms with Gasteiger partial charge in [0.2, 0.25) is 11.8 Å². The van der Waals surface area contributed by atoms with Crippen molar-refractivity contribution in [2.75, 3.05) is 30.2 Å². The number of hydrogen-bond acceptors (Lipinski definition) is 8. The maximum atomic E-state index is 15.3. The Bertz CT molecular complexity index is 1930. The van der Waals surface area contributed by atoms with Crippen LogP contribution >= 0.6 is 12.4 Å². The lowest BCUT2D eigenvalue weighted by Crippen LogP contribution is -2.38. The molecule has 3 heterocycles. The van der Waals surface area contributed by atoms with Crippen molar-refractivity contribution in [1.82, 2.24) is 24.6 Å². The summed E-state index contributed by atoms with van der Waals surface area (Å²) in [4.78, 5) is 13.6. The molecule has 1 aliphatic rings. The Morgan fingerprint density at radius 1 is 1.00 bits per heavy atom. The second kappa shape index (κ2) is 14.4. The molecule has 1 atom stereocenters. The van der Waals surface area contributed by atoms with Crippen molar-refractivity contribution in [3.05, 3.63) is 102 Å². The topological polar surface area (TPSA) is 121 Å². The second-order valence-corrected chi connectivity index (χ2v) is 12.8. The van der Waals surface area contributed by atoms with Crippen LogP contribution in [0, 0.1) is 12.7 Å². The lowest BCUT2D eigenvalue weighted by atomic mass is 10.0. The Morgan fingerprint density at radius 2 is 1.80 bits per heavy atom. The van der Waals surface area contributed by atoms with Gasteiger partial charge in [0.15, 0.2) is 0 Å². The molecule has 5 aromatic rings. The third-order valence-corrected chi connectivity index (χ3v) is 9.13. The first-order valence-electron chi connectivity index (χ1n) is 14.7. The molecule has 13 heteroatoms. The summed E-state index contributed by atoms with van der Waals surface area (Å²) in [5, 5.41) is 7.65. The number of benzene rings is 3. The van der Waals surface area contributed by atoms with Gasteiger partial charge in [0, 0.05) is 49.3 Å². The van der Waals surface area contributed by atoms with E-state index in [9.17, 15) is 8.42 Å². The number of pyridine rings is 1. The monoisotopic (exact) mass is 663 g/mol. The number of aryl methyl sites for hydroxylation is 1. The zero-order valence-corrected chi connectivity index (χ0v) is 27.0. The van der Waals surface area contributed by atoms with Crippen LogP contribution in [0.5, 0.6) is 11.6 Å². The van der Waals surface area contributed by atoms with Crippen LogP contribution in [0.4, 0.5) is 16.0 Å². The van der Waals surface area contributed by atoms with Crippen molar-refractivity contribution in [2.45, 2.75) is 32.4 Å². The molecular formula is C33H35ClFN7O3S. The molecule has 3 aromatic carbocycles. The fourth-order valence-electron chi connectivity index (χ4n) is 5.33. The summed E-state index contributed by atoms with van der Waals surface area (Å²) >= 11 is 0. The Balaban J connectivity index is 0.00000417.